The Kier molecular flexibility index (Phi) is 4.35. The summed E-state index contributed by atoms with van der Waals surface area (Å²) in [6.45, 7) is 0.770. The van der Waals surface area contributed by atoms with E-state index in [1.165, 1.54) is 12.1 Å². The van der Waals surface area contributed by atoms with Crippen LogP contribution >= 0.6 is 11.3 Å². The molecule has 92 valence electrons. The highest BCUT2D eigenvalue weighted by Crippen LogP contribution is 2.19. The van der Waals surface area contributed by atoms with Crippen LogP contribution in [0.4, 0.5) is 4.39 Å². The van der Waals surface area contributed by atoms with E-state index in [0.29, 0.717) is 18.9 Å². The molecule has 2 aromatic rings. The summed E-state index contributed by atoms with van der Waals surface area (Å²) in [7, 11) is 0. The van der Waals surface area contributed by atoms with Crippen molar-refractivity contribution in [3.63, 3.8) is 0 Å². The van der Waals surface area contributed by atoms with Crippen LogP contribution in [0.1, 0.15) is 10.4 Å². The van der Waals surface area contributed by atoms with Crippen LogP contribution in [0.2, 0.25) is 0 Å². The van der Waals surface area contributed by atoms with Crippen molar-refractivity contribution >= 4 is 11.3 Å². The zero-order valence-electron chi connectivity index (χ0n) is 9.65. The van der Waals surface area contributed by atoms with Gasteiger partial charge in [0.2, 0.25) is 0 Å². The quantitative estimate of drug-likeness (QED) is 0.862. The van der Waals surface area contributed by atoms with E-state index in [1.54, 1.807) is 23.5 Å². The number of hydrogen-bond donors (Lipinski definition) is 1. The molecule has 2 nitrogen and oxygen atoms in total. The Morgan fingerprint density at radius 2 is 2.00 bits per heavy atom. The Morgan fingerprint density at radius 3 is 2.72 bits per heavy atom. The van der Waals surface area contributed by atoms with E-state index in [1.807, 2.05) is 11.4 Å². The highest BCUT2D eigenvalue weighted by Gasteiger charge is 2.03. The lowest BCUT2D eigenvalue weighted by Gasteiger charge is -2.04. The average molecular weight is 261 g/mol. The summed E-state index contributed by atoms with van der Waals surface area (Å²) in [6, 6.07) is 7.90. The van der Waals surface area contributed by atoms with E-state index in [2.05, 4.69) is 11.8 Å². The normalized spacial score (nSPS) is 9.67. The van der Waals surface area contributed by atoms with Crippen molar-refractivity contribution in [3.05, 3.63) is 52.0 Å². The predicted molar refractivity (Wildman–Crippen MR) is 71.0 cm³/mol. The van der Waals surface area contributed by atoms with Gasteiger partial charge in [0.15, 0.2) is 0 Å². The van der Waals surface area contributed by atoms with Gasteiger partial charge in [0.1, 0.15) is 18.2 Å². The SMILES string of the molecule is NCC#Cc1ccsc1COc1ccc(F)cc1. The summed E-state index contributed by atoms with van der Waals surface area (Å²) < 4.78 is 18.3. The third-order valence-corrected chi connectivity index (χ3v) is 3.15. The van der Waals surface area contributed by atoms with Gasteiger partial charge in [-0.2, -0.15) is 0 Å². The second kappa shape index (κ2) is 6.20. The van der Waals surface area contributed by atoms with E-state index in [9.17, 15) is 4.39 Å². The Balaban J connectivity index is 2.02. The van der Waals surface area contributed by atoms with Gasteiger partial charge in [0, 0.05) is 5.56 Å². The van der Waals surface area contributed by atoms with Gasteiger partial charge in [-0.05, 0) is 35.7 Å². The topological polar surface area (TPSA) is 35.2 Å². The summed E-state index contributed by atoms with van der Waals surface area (Å²) in [5, 5.41) is 1.96. The summed E-state index contributed by atoms with van der Waals surface area (Å²) in [5.74, 6) is 6.18. The van der Waals surface area contributed by atoms with E-state index in [4.69, 9.17) is 10.5 Å². The smallest absolute Gasteiger partial charge is 0.124 e. The molecule has 0 unspecified atom stereocenters. The molecule has 1 aromatic heterocycles. The number of halogens is 1. The molecule has 0 aliphatic rings. The maximum absolute atomic E-state index is 12.7. The Bertz CT molecular complexity index is 565. The van der Waals surface area contributed by atoms with Crippen molar-refractivity contribution in [2.75, 3.05) is 6.54 Å². The van der Waals surface area contributed by atoms with Crippen LogP contribution in [0.5, 0.6) is 5.75 Å². The molecule has 0 bridgehead atoms. The molecule has 1 aromatic carbocycles. The van der Waals surface area contributed by atoms with Gasteiger partial charge in [0.25, 0.3) is 0 Å². The van der Waals surface area contributed by atoms with Crippen LogP contribution in [0, 0.1) is 17.7 Å². The largest absolute Gasteiger partial charge is 0.488 e. The van der Waals surface area contributed by atoms with Crippen molar-refractivity contribution in [2.45, 2.75) is 6.61 Å². The molecule has 2 N–H and O–H groups in total. The summed E-state index contributed by atoms with van der Waals surface area (Å²) in [6.07, 6.45) is 0. The van der Waals surface area contributed by atoms with Crippen molar-refractivity contribution in [3.8, 4) is 17.6 Å². The fourth-order valence-corrected chi connectivity index (χ4v) is 2.13. The number of benzene rings is 1. The maximum Gasteiger partial charge on any atom is 0.124 e. The van der Waals surface area contributed by atoms with E-state index in [0.717, 1.165) is 10.4 Å². The zero-order chi connectivity index (χ0) is 12.8. The van der Waals surface area contributed by atoms with Crippen molar-refractivity contribution < 1.29 is 9.13 Å². The monoisotopic (exact) mass is 261 g/mol. The molecule has 0 aliphatic heterocycles. The van der Waals surface area contributed by atoms with Crippen LogP contribution in [-0.2, 0) is 6.61 Å². The third kappa shape index (κ3) is 3.33. The molecule has 0 spiro atoms. The van der Waals surface area contributed by atoms with Gasteiger partial charge in [-0.1, -0.05) is 11.8 Å². The molecule has 0 fully saturated rings. The van der Waals surface area contributed by atoms with Crippen LogP contribution in [0.15, 0.2) is 35.7 Å². The minimum Gasteiger partial charge on any atom is -0.488 e. The van der Waals surface area contributed by atoms with Crippen molar-refractivity contribution in [1.82, 2.24) is 0 Å². The van der Waals surface area contributed by atoms with Crippen LogP contribution in [0.25, 0.3) is 0 Å². The molecule has 0 atom stereocenters. The van der Waals surface area contributed by atoms with Crippen LogP contribution < -0.4 is 10.5 Å². The maximum atomic E-state index is 12.7. The van der Waals surface area contributed by atoms with Gasteiger partial charge in [-0.25, -0.2) is 4.39 Å². The molecule has 0 radical (unpaired) electrons. The first-order valence-electron chi connectivity index (χ1n) is 5.43. The molecule has 2 rings (SSSR count). The predicted octanol–water partition coefficient (Wildman–Crippen LogP) is 2.78. The number of nitrogens with two attached hydrogens (primary N) is 1. The highest BCUT2D eigenvalue weighted by atomic mass is 32.1. The van der Waals surface area contributed by atoms with Crippen LogP contribution in [0.3, 0.4) is 0 Å². The number of rotatable bonds is 3. The van der Waals surface area contributed by atoms with Gasteiger partial charge >= 0.3 is 0 Å². The van der Waals surface area contributed by atoms with E-state index in [-0.39, 0.29) is 5.82 Å². The second-order valence-corrected chi connectivity index (χ2v) is 4.51. The van der Waals surface area contributed by atoms with Crippen molar-refractivity contribution in [2.24, 2.45) is 5.73 Å². The molecule has 18 heavy (non-hydrogen) atoms. The minimum atomic E-state index is -0.270. The van der Waals surface area contributed by atoms with Gasteiger partial charge < -0.3 is 10.5 Å². The molecule has 4 heteroatoms. The summed E-state index contributed by atoms with van der Waals surface area (Å²) in [5.41, 5.74) is 6.27. The molecule has 0 saturated heterocycles. The average Bonchev–Trinajstić information content (AvgIpc) is 2.83. The van der Waals surface area contributed by atoms with E-state index >= 15 is 0 Å². The third-order valence-electron chi connectivity index (χ3n) is 2.25. The first kappa shape index (κ1) is 12.6. The molecular formula is C14H12FNOS. The second-order valence-electron chi connectivity index (χ2n) is 3.51. The lowest BCUT2D eigenvalue weighted by atomic mass is 10.2. The first-order chi connectivity index (χ1) is 8.79. The van der Waals surface area contributed by atoms with Gasteiger partial charge in [0.05, 0.1) is 11.4 Å². The number of thiophene rings is 1. The molecule has 0 saturated carbocycles. The Morgan fingerprint density at radius 1 is 1.22 bits per heavy atom. The summed E-state index contributed by atoms with van der Waals surface area (Å²) in [4.78, 5) is 1.04. The standard InChI is InChI=1S/C14H12FNOS/c15-12-3-5-13(6-4-12)17-10-14-11(2-1-8-16)7-9-18-14/h3-7,9H,8,10,16H2. The molecule has 0 amide bonds. The Hall–Kier alpha value is -1.83. The highest BCUT2D eigenvalue weighted by molar-refractivity contribution is 7.10. The minimum absolute atomic E-state index is 0.270. The van der Waals surface area contributed by atoms with Crippen molar-refractivity contribution in [1.29, 1.82) is 0 Å². The Labute approximate surface area is 109 Å². The number of hydrogen-bond acceptors (Lipinski definition) is 3. The lowest BCUT2D eigenvalue weighted by Crippen LogP contribution is -1.96. The number of ether oxygens (including phenoxy) is 1. The fraction of sp³-hybridized carbons (Fsp3) is 0.143. The molecule has 1 heterocycles. The zero-order valence-corrected chi connectivity index (χ0v) is 10.5. The van der Waals surface area contributed by atoms with Gasteiger partial charge in [-0.15, -0.1) is 11.3 Å². The van der Waals surface area contributed by atoms with Crippen LogP contribution in [-0.4, -0.2) is 6.54 Å². The fourth-order valence-electron chi connectivity index (χ4n) is 1.39. The van der Waals surface area contributed by atoms with E-state index < -0.39 is 0 Å². The molecular weight excluding hydrogens is 249 g/mol. The molecule has 0 aliphatic carbocycles. The van der Waals surface area contributed by atoms with Gasteiger partial charge in [-0.3, -0.25) is 0 Å². The lowest BCUT2D eigenvalue weighted by molar-refractivity contribution is 0.309. The summed E-state index contributed by atoms with van der Waals surface area (Å²) >= 11 is 1.58. The first-order valence-corrected chi connectivity index (χ1v) is 6.31.